The summed E-state index contributed by atoms with van der Waals surface area (Å²) in [6, 6.07) is 10.5. The Morgan fingerprint density at radius 2 is 1.67 bits per heavy atom. The molecule has 160 valence electrons. The van der Waals surface area contributed by atoms with Crippen LogP contribution in [0, 0.1) is 13.8 Å². The van der Waals surface area contributed by atoms with E-state index >= 15 is 0 Å². The molecule has 1 amide bonds. The van der Waals surface area contributed by atoms with Crippen molar-refractivity contribution in [1.29, 1.82) is 0 Å². The molecule has 8 heteroatoms. The average Bonchev–Trinajstić information content (AvgIpc) is 2.73. The largest absolute Gasteiger partial charge is 0.452 e. The van der Waals surface area contributed by atoms with Crippen LogP contribution in [0.4, 0.5) is 18.9 Å². The number of halogens is 3. The van der Waals surface area contributed by atoms with Gasteiger partial charge in [0.25, 0.3) is 5.91 Å². The number of carbonyl (C=O) groups excluding carboxylic acids is 2. The minimum Gasteiger partial charge on any atom is -0.452 e. The molecule has 1 aliphatic rings. The molecule has 3 rings (SSSR count). The van der Waals surface area contributed by atoms with Gasteiger partial charge in [0.1, 0.15) is 0 Å². The summed E-state index contributed by atoms with van der Waals surface area (Å²) < 4.78 is 43.9. The fourth-order valence-corrected chi connectivity index (χ4v) is 3.36. The Kier molecular flexibility index (Phi) is 6.34. The van der Waals surface area contributed by atoms with E-state index in [9.17, 15) is 22.8 Å². The van der Waals surface area contributed by atoms with Crippen molar-refractivity contribution in [3.05, 3.63) is 64.7 Å². The number of anilines is 1. The number of alkyl halides is 3. The second-order valence-electron chi connectivity index (χ2n) is 7.24. The molecule has 0 saturated carbocycles. The van der Waals surface area contributed by atoms with Gasteiger partial charge in [-0.1, -0.05) is 18.2 Å². The van der Waals surface area contributed by atoms with Gasteiger partial charge in [0, 0.05) is 31.9 Å². The van der Waals surface area contributed by atoms with Gasteiger partial charge in [0.2, 0.25) is 0 Å². The lowest BCUT2D eigenvalue weighted by molar-refractivity contribution is -0.137. The summed E-state index contributed by atoms with van der Waals surface area (Å²) in [5, 5.41) is 0. The molecule has 1 heterocycles. The molecule has 1 aliphatic heterocycles. The van der Waals surface area contributed by atoms with Gasteiger partial charge in [-0.3, -0.25) is 4.79 Å². The Balaban J connectivity index is 1.53. The Bertz CT molecular complexity index is 935. The molecular formula is C22H23F3N2O3. The monoisotopic (exact) mass is 420 g/mol. The number of esters is 1. The maximum atomic E-state index is 12.9. The quantitative estimate of drug-likeness (QED) is 0.706. The number of nitrogens with zero attached hydrogens (tertiary/aromatic N) is 2. The predicted octanol–water partition coefficient (Wildman–Crippen LogP) is 3.83. The zero-order valence-corrected chi connectivity index (χ0v) is 16.8. The Labute approximate surface area is 173 Å². The molecular weight excluding hydrogens is 397 g/mol. The van der Waals surface area contributed by atoms with Crippen molar-refractivity contribution in [3.63, 3.8) is 0 Å². The molecule has 2 aromatic carbocycles. The first kappa shape index (κ1) is 21.7. The van der Waals surface area contributed by atoms with Crippen molar-refractivity contribution in [2.24, 2.45) is 0 Å². The van der Waals surface area contributed by atoms with E-state index in [4.69, 9.17) is 4.74 Å². The van der Waals surface area contributed by atoms with Gasteiger partial charge in [-0.05, 0) is 49.2 Å². The van der Waals surface area contributed by atoms with Crippen molar-refractivity contribution in [3.8, 4) is 0 Å². The molecule has 0 spiro atoms. The molecule has 0 N–H and O–H groups in total. The predicted molar refractivity (Wildman–Crippen MR) is 106 cm³/mol. The lowest BCUT2D eigenvalue weighted by atomic mass is 10.0. The van der Waals surface area contributed by atoms with Gasteiger partial charge >= 0.3 is 12.1 Å². The molecule has 0 radical (unpaired) electrons. The van der Waals surface area contributed by atoms with Gasteiger partial charge in [0.05, 0.1) is 11.1 Å². The molecule has 30 heavy (non-hydrogen) atoms. The standard InChI is InChI=1S/C22H23F3N2O3/c1-15-5-3-8-19(16(15)2)21(29)30-14-20(28)27-11-9-26(10-12-27)18-7-4-6-17(13-18)22(23,24)25/h3-8,13H,9-12,14H2,1-2H3. The van der Waals surface area contributed by atoms with Crippen molar-refractivity contribution < 1.29 is 27.5 Å². The molecule has 5 nitrogen and oxygen atoms in total. The van der Waals surface area contributed by atoms with Crippen LogP contribution >= 0.6 is 0 Å². The number of piperazine rings is 1. The minimum absolute atomic E-state index is 0.322. The molecule has 1 fully saturated rings. The summed E-state index contributed by atoms with van der Waals surface area (Å²) in [4.78, 5) is 28.0. The summed E-state index contributed by atoms with van der Waals surface area (Å²) in [6.45, 7) is 4.83. The lowest BCUT2D eigenvalue weighted by Gasteiger charge is -2.36. The van der Waals surface area contributed by atoms with Crippen LogP contribution in [-0.4, -0.2) is 49.6 Å². The normalized spacial score (nSPS) is 14.6. The van der Waals surface area contributed by atoms with Crippen molar-refractivity contribution in [1.82, 2.24) is 4.90 Å². The van der Waals surface area contributed by atoms with E-state index in [-0.39, 0.29) is 12.5 Å². The van der Waals surface area contributed by atoms with Gasteiger partial charge in [-0.2, -0.15) is 13.2 Å². The highest BCUT2D eigenvalue weighted by Crippen LogP contribution is 2.31. The van der Waals surface area contributed by atoms with Gasteiger partial charge in [-0.15, -0.1) is 0 Å². The van der Waals surface area contributed by atoms with E-state index in [0.29, 0.717) is 37.4 Å². The SMILES string of the molecule is Cc1cccc(C(=O)OCC(=O)N2CCN(c3cccc(C(F)(F)F)c3)CC2)c1C. The van der Waals surface area contributed by atoms with E-state index in [0.717, 1.165) is 23.3 Å². The zero-order chi connectivity index (χ0) is 21.9. The smallest absolute Gasteiger partial charge is 0.416 e. The maximum Gasteiger partial charge on any atom is 0.416 e. The molecule has 2 aromatic rings. The first-order valence-corrected chi connectivity index (χ1v) is 9.60. The van der Waals surface area contributed by atoms with Crippen LogP contribution in [0.5, 0.6) is 0 Å². The molecule has 0 aromatic heterocycles. The van der Waals surface area contributed by atoms with Crippen molar-refractivity contribution in [2.45, 2.75) is 20.0 Å². The molecule has 0 unspecified atom stereocenters. The zero-order valence-electron chi connectivity index (χ0n) is 16.8. The number of rotatable bonds is 4. The first-order valence-electron chi connectivity index (χ1n) is 9.60. The Hall–Kier alpha value is -3.03. The summed E-state index contributed by atoms with van der Waals surface area (Å²) in [5.41, 5.74) is 1.97. The van der Waals surface area contributed by atoms with Crippen molar-refractivity contribution in [2.75, 3.05) is 37.7 Å². The van der Waals surface area contributed by atoms with E-state index in [1.165, 1.54) is 6.07 Å². The van der Waals surface area contributed by atoms with Crippen LogP contribution in [-0.2, 0) is 15.7 Å². The summed E-state index contributed by atoms with van der Waals surface area (Å²) >= 11 is 0. The van der Waals surface area contributed by atoms with E-state index in [2.05, 4.69) is 0 Å². The number of benzene rings is 2. The number of hydrogen-bond donors (Lipinski definition) is 0. The number of amides is 1. The van der Waals surface area contributed by atoms with E-state index < -0.39 is 17.7 Å². The molecule has 1 saturated heterocycles. The van der Waals surface area contributed by atoms with Gasteiger partial charge in [0.15, 0.2) is 6.61 Å². The number of carbonyl (C=O) groups is 2. The van der Waals surface area contributed by atoms with E-state index in [1.54, 1.807) is 28.0 Å². The van der Waals surface area contributed by atoms with Gasteiger partial charge < -0.3 is 14.5 Å². The highest BCUT2D eigenvalue weighted by atomic mass is 19.4. The minimum atomic E-state index is -4.40. The summed E-state index contributed by atoms with van der Waals surface area (Å²) in [6.07, 6.45) is -4.40. The van der Waals surface area contributed by atoms with Crippen LogP contribution in [0.3, 0.4) is 0 Å². The average molecular weight is 420 g/mol. The maximum absolute atomic E-state index is 12.9. The third kappa shape index (κ3) is 4.93. The third-order valence-corrected chi connectivity index (χ3v) is 5.32. The van der Waals surface area contributed by atoms with Crippen LogP contribution in [0.15, 0.2) is 42.5 Å². The van der Waals surface area contributed by atoms with Crippen LogP contribution < -0.4 is 4.90 Å². The molecule has 0 bridgehead atoms. The fraction of sp³-hybridized carbons (Fsp3) is 0.364. The van der Waals surface area contributed by atoms with Crippen LogP contribution in [0.25, 0.3) is 0 Å². The number of hydrogen-bond acceptors (Lipinski definition) is 4. The van der Waals surface area contributed by atoms with Crippen LogP contribution in [0.1, 0.15) is 27.0 Å². The second-order valence-corrected chi connectivity index (χ2v) is 7.24. The van der Waals surface area contributed by atoms with E-state index in [1.807, 2.05) is 19.9 Å². The lowest BCUT2D eigenvalue weighted by Crippen LogP contribution is -2.50. The Morgan fingerprint density at radius 1 is 1.00 bits per heavy atom. The number of aryl methyl sites for hydroxylation is 1. The molecule has 0 atom stereocenters. The first-order chi connectivity index (χ1) is 14.2. The second kappa shape index (κ2) is 8.77. The molecule has 0 aliphatic carbocycles. The summed E-state index contributed by atoms with van der Waals surface area (Å²) in [5.74, 6) is -0.871. The number of ether oxygens (including phenoxy) is 1. The van der Waals surface area contributed by atoms with Crippen LogP contribution in [0.2, 0.25) is 0 Å². The van der Waals surface area contributed by atoms with Gasteiger partial charge in [-0.25, -0.2) is 4.79 Å². The third-order valence-electron chi connectivity index (χ3n) is 5.32. The topological polar surface area (TPSA) is 49.9 Å². The highest BCUT2D eigenvalue weighted by Gasteiger charge is 2.31. The Morgan fingerprint density at radius 3 is 2.33 bits per heavy atom. The summed E-state index contributed by atoms with van der Waals surface area (Å²) in [7, 11) is 0. The highest BCUT2D eigenvalue weighted by molar-refractivity contribution is 5.93. The van der Waals surface area contributed by atoms with Crippen molar-refractivity contribution >= 4 is 17.6 Å². The fourth-order valence-electron chi connectivity index (χ4n) is 3.36.